The van der Waals surface area contributed by atoms with Crippen LogP contribution >= 0.6 is 0 Å². The van der Waals surface area contributed by atoms with Crippen LogP contribution in [0.15, 0.2) is 12.3 Å². The first-order valence-electron chi connectivity index (χ1n) is 14.7. The van der Waals surface area contributed by atoms with Gasteiger partial charge in [0.25, 0.3) is 0 Å². The number of allylic oxidation sites excluding steroid dienone is 1. The van der Waals surface area contributed by atoms with Crippen molar-refractivity contribution in [1.29, 1.82) is 0 Å². The lowest BCUT2D eigenvalue weighted by molar-refractivity contribution is -0.138. The third-order valence-electron chi connectivity index (χ3n) is 11.1. The lowest BCUT2D eigenvalue weighted by Gasteiger charge is -2.43. The third-order valence-corrected chi connectivity index (χ3v) is 11.1. The van der Waals surface area contributed by atoms with Crippen molar-refractivity contribution in [3.05, 3.63) is 12.3 Å². The van der Waals surface area contributed by atoms with Crippen LogP contribution in [0.4, 0.5) is 0 Å². The maximum atomic E-state index is 13.3. The predicted molar refractivity (Wildman–Crippen MR) is 137 cm³/mol. The molecule has 4 aliphatic carbocycles. The minimum absolute atomic E-state index is 0.284. The van der Waals surface area contributed by atoms with Crippen LogP contribution in [0, 0.1) is 35.0 Å². The van der Waals surface area contributed by atoms with Gasteiger partial charge in [0.2, 0.25) is 5.91 Å². The fourth-order valence-corrected chi connectivity index (χ4v) is 7.94. The van der Waals surface area contributed by atoms with Crippen molar-refractivity contribution in [1.82, 2.24) is 20.2 Å². The Morgan fingerprint density at radius 3 is 2.18 bits per heavy atom. The second-order valence-corrected chi connectivity index (χ2v) is 13.1. The summed E-state index contributed by atoms with van der Waals surface area (Å²) in [5.41, 5.74) is 5.45. The molecular formula is C29H48N4O. The molecule has 6 rings (SSSR count). The Hall–Kier alpha value is -1.07. The lowest BCUT2D eigenvalue weighted by Crippen LogP contribution is -2.51. The van der Waals surface area contributed by atoms with E-state index in [1.165, 1.54) is 83.0 Å². The van der Waals surface area contributed by atoms with Gasteiger partial charge in [0.1, 0.15) is 0 Å². The molecule has 0 aromatic rings. The third kappa shape index (κ3) is 4.56. The average molecular weight is 469 g/mol. The monoisotopic (exact) mass is 468 g/mol. The summed E-state index contributed by atoms with van der Waals surface area (Å²) in [4.78, 5) is 18.0. The van der Waals surface area contributed by atoms with Crippen molar-refractivity contribution in [2.45, 2.75) is 90.0 Å². The first-order chi connectivity index (χ1) is 16.5. The fourth-order valence-electron chi connectivity index (χ4n) is 7.94. The molecule has 0 spiro atoms. The van der Waals surface area contributed by atoms with Crippen molar-refractivity contribution < 1.29 is 4.79 Å². The fraction of sp³-hybridized carbons (Fsp3) is 0.897. The first kappa shape index (κ1) is 23.3. The van der Waals surface area contributed by atoms with Crippen molar-refractivity contribution >= 4 is 5.91 Å². The average Bonchev–Trinajstić information content (AvgIpc) is 3.48. The highest BCUT2D eigenvalue weighted by Gasteiger charge is 2.44. The summed E-state index contributed by atoms with van der Waals surface area (Å²) in [5, 5.41) is 2.66. The second kappa shape index (κ2) is 9.42. The molecule has 190 valence electrons. The summed E-state index contributed by atoms with van der Waals surface area (Å²) >= 11 is 0. The van der Waals surface area contributed by atoms with E-state index in [1.807, 2.05) is 0 Å². The smallest absolute Gasteiger partial charge is 0.225 e. The van der Waals surface area contributed by atoms with Crippen LogP contribution in [0.5, 0.6) is 0 Å². The SMILES string of the molecule is C=C(N1CCN(C(=O)C2CCC(C3CCC4CNN(CC5CCC5)C4C3)CC2)CC1)C1(C)CC1. The molecule has 2 heterocycles. The Kier molecular flexibility index (Phi) is 6.47. The summed E-state index contributed by atoms with van der Waals surface area (Å²) < 4.78 is 0. The van der Waals surface area contributed by atoms with Gasteiger partial charge in [-0.3, -0.25) is 10.2 Å². The molecule has 6 aliphatic rings. The Labute approximate surface area is 207 Å². The van der Waals surface area contributed by atoms with Gasteiger partial charge in [-0.05, 0) is 94.3 Å². The van der Waals surface area contributed by atoms with E-state index in [9.17, 15) is 4.79 Å². The topological polar surface area (TPSA) is 38.8 Å². The molecular weight excluding hydrogens is 420 g/mol. The summed E-state index contributed by atoms with van der Waals surface area (Å²) in [5.74, 6) is 4.31. The van der Waals surface area contributed by atoms with Crippen molar-refractivity contribution in [3.63, 3.8) is 0 Å². The van der Waals surface area contributed by atoms with Gasteiger partial charge >= 0.3 is 0 Å². The van der Waals surface area contributed by atoms with Crippen molar-refractivity contribution in [3.8, 4) is 0 Å². The van der Waals surface area contributed by atoms with E-state index < -0.39 is 0 Å². The Morgan fingerprint density at radius 2 is 1.53 bits per heavy atom. The molecule has 5 heteroatoms. The van der Waals surface area contributed by atoms with Gasteiger partial charge in [0, 0.05) is 62.3 Å². The molecule has 2 aliphatic heterocycles. The van der Waals surface area contributed by atoms with Gasteiger partial charge in [-0.25, -0.2) is 5.01 Å². The van der Waals surface area contributed by atoms with Crippen molar-refractivity contribution in [2.75, 3.05) is 39.3 Å². The van der Waals surface area contributed by atoms with Crippen LogP contribution in [0.3, 0.4) is 0 Å². The van der Waals surface area contributed by atoms with E-state index >= 15 is 0 Å². The zero-order valence-electron chi connectivity index (χ0n) is 21.6. The van der Waals surface area contributed by atoms with Crippen molar-refractivity contribution in [2.24, 2.45) is 35.0 Å². The number of carbonyl (C=O) groups excluding carboxylic acids is 1. The highest BCUT2D eigenvalue weighted by atomic mass is 16.2. The summed E-state index contributed by atoms with van der Waals surface area (Å²) in [6, 6.07) is 0.780. The summed E-state index contributed by atoms with van der Waals surface area (Å²) in [6.07, 6.45) is 16.0. The molecule has 0 aromatic heterocycles. The maximum Gasteiger partial charge on any atom is 0.225 e. The van der Waals surface area contributed by atoms with Gasteiger partial charge in [0.05, 0.1) is 0 Å². The van der Waals surface area contributed by atoms with Crippen LogP contribution in [-0.2, 0) is 4.79 Å². The minimum Gasteiger partial charge on any atom is -0.371 e. The number of rotatable bonds is 6. The molecule has 0 bridgehead atoms. The number of piperazine rings is 1. The number of hydrogen-bond acceptors (Lipinski definition) is 4. The van der Waals surface area contributed by atoms with E-state index in [0.717, 1.165) is 68.7 Å². The Bertz CT molecular complexity index is 758. The van der Waals surface area contributed by atoms with E-state index in [0.29, 0.717) is 11.3 Å². The number of amides is 1. The van der Waals surface area contributed by atoms with Crippen LogP contribution in [0.2, 0.25) is 0 Å². The largest absolute Gasteiger partial charge is 0.371 e. The van der Waals surface area contributed by atoms with E-state index in [1.54, 1.807) is 0 Å². The molecule has 1 N–H and O–H groups in total. The normalized spacial score (nSPS) is 38.3. The molecule has 6 fully saturated rings. The number of nitrogens with one attached hydrogen (secondary N) is 1. The van der Waals surface area contributed by atoms with Gasteiger partial charge in [-0.15, -0.1) is 0 Å². The van der Waals surface area contributed by atoms with E-state index in [4.69, 9.17) is 0 Å². The highest BCUT2D eigenvalue weighted by molar-refractivity contribution is 5.79. The molecule has 4 saturated carbocycles. The maximum absolute atomic E-state index is 13.3. The molecule has 3 unspecified atom stereocenters. The van der Waals surface area contributed by atoms with Gasteiger partial charge in [0.15, 0.2) is 0 Å². The number of hydrogen-bond donors (Lipinski definition) is 1. The van der Waals surface area contributed by atoms with Gasteiger partial charge in [-0.2, -0.15) is 0 Å². The number of carbonyl (C=O) groups is 1. The van der Waals surface area contributed by atoms with Crippen LogP contribution in [-0.4, -0.2) is 66.0 Å². The molecule has 34 heavy (non-hydrogen) atoms. The van der Waals surface area contributed by atoms with Crippen LogP contribution < -0.4 is 5.43 Å². The summed E-state index contributed by atoms with van der Waals surface area (Å²) in [6.45, 7) is 13.0. The zero-order valence-corrected chi connectivity index (χ0v) is 21.6. The van der Waals surface area contributed by atoms with E-state index in [-0.39, 0.29) is 5.92 Å². The second-order valence-electron chi connectivity index (χ2n) is 13.1. The Morgan fingerprint density at radius 1 is 0.882 bits per heavy atom. The Balaban J connectivity index is 0.960. The van der Waals surface area contributed by atoms with E-state index in [2.05, 4.69) is 33.7 Å². The number of fused-ring (bicyclic) bond motifs is 1. The zero-order chi connectivity index (χ0) is 23.3. The molecule has 3 atom stereocenters. The van der Waals surface area contributed by atoms with Gasteiger partial charge in [-0.1, -0.05) is 19.9 Å². The number of nitrogens with zero attached hydrogens (tertiary/aromatic N) is 3. The minimum atomic E-state index is 0.284. The predicted octanol–water partition coefficient (Wildman–Crippen LogP) is 4.66. The van der Waals surface area contributed by atoms with Gasteiger partial charge < -0.3 is 9.80 Å². The highest BCUT2D eigenvalue weighted by Crippen LogP contribution is 2.52. The molecule has 1 amide bonds. The molecule has 0 radical (unpaired) electrons. The standard InChI is InChI=1S/C29H48N4O/c1-21(29(2)12-13-29)31-14-16-32(17-15-31)28(34)24-8-6-23(7-9-24)25-10-11-26-19-30-33(27(26)18-25)20-22-4-3-5-22/h22-27,30H,1,3-20H2,2H3. The quantitative estimate of drug-likeness (QED) is 0.616. The summed E-state index contributed by atoms with van der Waals surface area (Å²) in [7, 11) is 0. The molecule has 5 nitrogen and oxygen atoms in total. The lowest BCUT2D eigenvalue weighted by atomic mass is 9.67. The van der Waals surface area contributed by atoms with Crippen LogP contribution in [0.1, 0.15) is 84.0 Å². The number of hydrazine groups is 1. The molecule has 0 aromatic carbocycles. The van der Waals surface area contributed by atoms with Crippen LogP contribution in [0.25, 0.3) is 0 Å². The first-order valence-corrected chi connectivity index (χ1v) is 14.7. The molecule has 2 saturated heterocycles.